The summed E-state index contributed by atoms with van der Waals surface area (Å²) in [6.45, 7) is 0.577. The Bertz CT molecular complexity index is 384. The number of carboxylic acid groups (broad SMARTS) is 1. The molecule has 106 valence electrons. The molecule has 0 atom stereocenters. The molecule has 0 heterocycles. The minimum atomic E-state index is -1.04. The molecule has 2 aliphatic carbocycles. The smallest absolute Gasteiger partial charge is 0.329 e. The van der Waals surface area contributed by atoms with Crippen LogP contribution < -0.4 is 10.6 Å². The Labute approximate surface area is 113 Å². The fourth-order valence-corrected chi connectivity index (χ4v) is 2.93. The van der Waals surface area contributed by atoms with Gasteiger partial charge in [-0.15, -0.1) is 0 Å². The van der Waals surface area contributed by atoms with Crippen LogP contribution in [0.2, 0.25) is 0 Å². The Morgan fingerprint density at radius 3 is 2.58 bits per heavy atom. The molecule has 19 heavy (non-hydrogen) atoms. The van der Waals surface area contributed by atoms with Crippen LogP contribution >= 0.6 is 0 Å². The van der Waals surface area contributed by atoms with Gasteiger partial charge in [-0.2, -0.15) is 0 Å². The molecule has 0 spiro atoms. The van der Waals surface area contributed by atoms with Crippen molar-refractivity contribution in [2.24, 2.45) is 0 Å². The average Bonchev–Trinajstić information content (AvgIpc) is 3.00. The van der Waals surface area contributed by atoms with Crippen molar-refractivity contribution in [1.82, 2.24) is 10.6 Å². The van der Waals surface area contributed by atoms with Gasteiger partial charge in [-0.1, -0.05) is 24.5 Å². The molecule has 2 rings (SSSR count). The van der Waals surface area contributed by atoms with E-state index in [-0.39, 0.29) is 6.03 Å². The van der Waals surface area contributed by atoms with Crippen molar-refractivity contribution >= 4 is 12.0 Å². The number of nitrogens with one attached hydrogen (secondary N) is 2. The van der Waals surface area contributed by atoms with Crippen LogP contribution in [-0.2, 0) is 4.79 Å². The second-order valence-corrected chi connectivity index (χ2v) is 5.48. The summed E-state index contributed by atoms with van der Waals surface area (Å²) < 4.78 is 0. The van der Waals surface area contributed by atoms with Crippen LogP contribution in [-0.4, -0.2) is 29.2 Å². The summed E-state index contributed by atoms with van der Waals surface area (Å²) in [4.78, 5) is 23.1. The van der Waals surface area contributed by atoms with Crippen LogP contribution in [0.15, 0.2) is 11.6 Å². The van der Waals surface area contributed by atoms with E-state index < -0.39 is 11.5 Å². The Kier molecular flexibility index (Phi) is 4.45. The van der Waals surface area contributed by atoms with E-state index in [9.17, 15) is 14.7 Å². The zero-order valence-corrected chi connectivity index (χ0v) is 11.2. The number of carbonyl (C=O) groups excluding carboxylic acids is 1. The molecular formula is C14H22N2O3. The maximum Gasteiger partial charge on any atom is 0.329 e. The fraction of sp³-hybridized carbons (Fsp3) is 0.714. The Balaban J connectivity index is 1.75. The van der Waals surface area contributed by atoms with Crippen LogP contribution in [0.25, 0.3) is 0 Å². The van der Waals surface area contributed by atoms with Gasteiger partial charge in [0, 0.05) is 6.54 Å². The Morgan fingerprint density at radius 2 is 2.00 bits per heavy atom. The molecule has 1 saturated carbocycles. The summed E-state index contributed by atoms with van der Waals surface area (Å²) in [5, 5.41) is 14.7. The summed E-state index contributed by atoms with van der Waals surface area (Å²) >= 11 is 0. The zero-order valence-electron chi connectivity index (χ0n) is 11.2. The molecule has 0 unspecified atom stereocenters. The van der Waals surface area contributed by atoms with Gasteiger partial charge in [-0.25, -0.2) is 9.59 Å². The van der Waals surface area contributed by atoms with E-state index in [1.54, 1.807) is 0 Å². The second-order valence-electron chi connectivity index (χ2n) is 5.48. The highest BCUT2D eigenvalue weighted by atomic mass is 16.4. The molecule has 0 saturated heterocycles. The quantitative estimate of drug-likeness (QED) is 0.667. The van der Waals surface area contributed by atoms with Gasteiger partial charge in [-0.3, -0.25) is 0 Å². The van der Waals surface area contributed by atoms with E-state index in [4.69, 9.17) is 0 Å². The third-order valence-corrected chi connectivity index (χ3v) is 4.09. The molecule has 2 aliphatic rings. The molecule has 0 aromatic rings. The highest BCUT2D eigenvalue weighted by Crippen LogP contribution is 2.29. The first-order chi connectivity index (χ1) is 9.12. The molecule has 0 radical (unpaired) electrons. The number of carbonyl (C=O) groups is 2. The van der Waals surface area contributed by atoms with Gasteiger partial charge in [0.2, 0.25) is 0 Å². The maximum atomic E-state index is 11.8. The van der Waals surface area contributed by atoms with Crippen molar-refractivity contribution in [3.63, 3.8) is 0 Å². The van der Waals surface area contributed by atoms with Crippen molar-refractivity contribution in [1.29, 1.82) is 0 Å². The van der Waals surface area contributed by atoms with Gasteiger partial charge in [-0.05, 0) is 38.5 Å². The predicted octanol–water partition coefficient (Wildman–Crippen LogP) is 2.18. The number of aliphatic carboxylic acids is 1. The second kappa shape index (κ2) is 6.08. The molecule has 0 aromatic carbocycles. The topological polar surface area (TPSA) is 78.4 Å². The molecule has 5 nitrogen and oxygen atoms in total. The van der Waals surface area contributed by atoms with Crippen LogP contribution in [0.4, 0.5) is 4.79 Å². The monoisotopic (exact) mass is 266 g/mol. The molecule has 0 aliphatic heterocycles. The van der Waals surface area contributed by atoms with Gasteiger partial charge in [0.05, 0.1) is 0 Å². The fourth-order valence-electron chi connectivity index (χ4n) is 2.93. The summed E-state index contributed by atoms with van der Waals surface area (Å²) in [5.74, 6) is -0.918. The van der Waals surface area contributed by atoms with E-state index in [2.05, 4.69) is 16.7 Å². The van der Waals surface area contributed by atoms with E-state index in [0.717, 1.165) is 32.1 Å². The third kappa shape index (κ3) is 3.49. The van der Waals surface area contributed by atoms with Gasteiger partial charge in [0.15, 0.2) is 0 Å². The standard InChI is InChI=1S/C14H22N2O3/c17-12(18)14(8-3-4-9-14)16-13(19)15-10-7-11-5-1-2-6-11/h5H,1-4,6-10H2,(H,17,18)(H2,15,16,19). The van der Waals surface area contributed by atoms with Gasteiger partial charge < -0.3 is 15.7 Å². The van der Waals surface area contributed by atoms with Crippen molar-refractivity contribution in [3.8, 4) is 0 Å². The average molecular weight is 266 g/mol. The Hall–Kier alpha value is -1.52. The Morgan fingerprint density at radius 1 is 1.26 bits per heavy atom. The minimum Gasteiger partial charge on any atom is -0.480 e. The third-order valence-electron chi connectivity index (χ3n) is 4.09. The lowest BCUT2D eigenvalue weighted by molar-refractivity contribution is -0.144. The molecule has 0 aromatic heterocycles. The number of amides is 2. The van der Waals surface area contributed by atoms with Gasteiger partial charge in [0.1, 0.15) is 5.54 Å². The predicted molar refractivity (Wildman–Crippen MR) is 71.9 cm³/mol. The maximum absolute atomic E-state index is 11.8. The van der Waals surface area contributed by atoms with Gasteiger partial charge >= 0.3 is 12.0 Å². The summed E-state index contributed by atoms with van der Waals surface area (Å²) in [7, 11) is 0. The number of hydrogen-bond donors (Lipinski definition) is 3. The van der Waals surface area contributed by atoms with E-state index >= 15 is 0 Å². The van der Waals surface area contributed by atoms with Crippen LogP contribution in [0, 0.1) is 0 Å². The van der Waals surface area contributed by atoms with E-state index in [1.807, 2.05) is 0 Å². The van der Waals surface area contributed by atoms with Crippen LogP contribution in [0.1, 0.15) is 51.4 Å². The lowest BCUT2D eigenvalue weighted by Crippen LogP contribution is -2.55. The molecule has 5 heteroatoms. The zero-order chi connectivity index (χ0) is 13.7. The van der Waals surface area contributed by atoms with E-state index in [1.165, 1.54) is 12.0 Å². The molecule has 2 amide bonds. The molecule has 3 N–H and O–H groups in total. The number of hydrogen-bond acceptors (Lipinski definition) is 2. The number of carboxylic acids is 1. The first kappa shape index (κ1) is 13.9. The van der Waals surface area contributed by atoms with Gasteiger partial charge in [0.25, 0.3) is 0 Å². The largest absolute Gasteiger partial charge is 0.480 e. The lowest BCUT2D eigenvalue weighted by atomic mass is 9.98. The van der Waals surface area contributed by atoms with Crippen molar-refractivity contribution in [2.45, 2.75) is 56.9 Å². The first-order valence-electron chi connectivity index (χ1n) is 7.10. The highest BCUT2D eigenvalue weighted by Gasteiger charge is 2.42. The number of urea groups is 1. The lowest BCUT2D eigenvalue weighted by Gasteiger charge is -2.25. The highest BCUT2D eigenvalue weighted by molar-refractivity contribution is 5.86. The van der Waals surface area contributed by atoms with Crippen LogP contribution in [0.5, 0.6) is 0 Å². The summed E-state index contributed by atoms with van der Waals surface area (Å²) in [5.41, 5.74) is 0.352. The first-order valence-corrected chi connectivity index (χ1v) is 7.10. The van der Waals surface area contributed by atoms with Crippen molar-refractivity contribution < 1.29 is 14.7 Å². The molecular weight excluding hydrogens is 244 g/mol. The van der Waals surface area contributed by atoms with Crippen LogP contribution in [0.3, 0.4) is 0 Å². The summed E-state index contributed by atoms with van der Waals surface area (Å²) in [6.07, 6.45) is 9.36. The SMILES string of the molecule is O=C(NCCC1=CCCC1)NC1(C(=O)O)CCCC1. The van der Waals surface area contributed by atoms with Crippen molar-refractivity contribution in [3.05, 3.63) is 11.6 Å². The minimum absolute atomic E-state index is 0.358. The number of rotatable bonds is 5. The summed E-state index contributed by atoms with van der Waals surface area (Å²) in [6, 6.07) is -0.358. The molecule has 1 fully saturated rings. The van der Waals surface area contributed by atoms with Crippen molar-refractivity contribution in [2.75, 3.05) is 6.54 Å². The van der Waals surface area contributed by atoms with E-state index in [0.29, 0.717) is 19.4 Å². The normalized spacial score (nSPS) is 20.9. The molecule has 0 bridgehead atoms. The number of allylic oxidation sites excluding steroid dienone is 1.